The maximum atomic E-state index is 11.3. The topological polar surface area (TPSA) is 102 Å². The number of hydrogen-bond acceptors (Lipinski definition) is 7. The smallest absolute Gasteiger partial charge is 0.148 e. The molecule has 0 saturated heterocycles. The van der Waals surface area contributed by atoms with Gasteiger partial charge in [0, 0.05) is 65.2 Å². The Hall–Kier alpha value is -4.47. The predicted molar refractivity (Wildman–Crippen MR) is 159 cm³/mol. The Morgan fingerprint density at radius 1 is 0.925 bits per heavy atom. The molecule has 9 heteroatoms. The fourth-order valence-corrected chi connectivity index (χ4v) is 5.27. The van der Waals surface area contributed by atoms with Crippen molar-refractivity contribution < 1.29 is 12.8 Å². The van der Waals surface area contributed by atoms with Crippen LogP contribution in [0.4, 0.5) is 11.5 Å². The normalized spacial score (nSPS) is 11.8. The van der Waals surface area contributed by atoms with Crippen LogP contribution in [0.5, 0.6) is 0 Å². The summed E-state index contributed by atoms with van der Waals surface area (Å²) < 4.78 is 30.7. The second-order valence-corrected chi connectivity index (χ2v) is 12.2. The van der Waals surface area contributed by atoms with Crippen molar-refractivity contribution in [2.24, 2.45) is 0 Å². The number of anilines is 2. The molecule has 3 aromatic carbocycles. The highest BCUT2D eigenvalue weighted by Crippen LogP contribution is 2.30. The van der Waals surface area contributed by atoms with Crippen molar-refractivity contribution >= 4 is 43.1 Å². The molecule has 2 N–H and O–H groups in total. The summed E-state index contributed by atoms with van der Waals surface area (Å²) in [6.07, 6.45) is 6.60. The minimum atomic E-state index is -2.99. The van der Waals surface area contributed by atoms with Crippen LogP contribution in [-0.2, 0) is 22.9 Å². The number of hydrogen-bond donors (Lipinski definition) is 2. The molecule has 0 spiro atoms. The van der Waals surface area contributed by atoms with E-state index in [1.807, 2.05) is 30.3 Å². The van der Waals surface area contributed by atoms with Gasteiger partial charge in [0.05, 0.1) is 17.5 Å². The van der Waals surface area contributed by atoms with E-state index in [1.165, 1.54) is 17.3 Å². The van der Waals surface area contributed by atoms with Crippen LogP contribution in [0.2, 0.25) is 0 Å². The van der Waals surface area contributed by atoms with Crippen molar-refractivity contribution in [2.45, 2.75) is 13.1 Å². The number of nitrogens with zero attached hydrogens (tertiary/aromatic N) is 3. The summed E-state index contributed by atoms with van der Waals surface area (Å²) in [5.74, 6) is 1.53. The van der Waals surface area contributed by atoms with Crippen molar-refractivity contribution in [2.75, 3.05) is 23.9 Å². The number of fused-ring (bicyclic) bond motifs is 2. The standard InChI is InChI=1S/C31H29N5O3S/c1-40(37,38)14-12-32-18-23-15-30(39-20-23)25-7-9-28-27(17-25)31(34-21-33-28)35-26-8-10-29-24(16-26)11-13-36(29)19-22-5-3-2-4-6-22/h2-11,13,15-17,20-21,32H,12,14,18-19H2,1H3,(H,33,34,35). The summed E-state index contributed by atoms with van der Waals surface area (Å²) in [5.41, 5.74) is 6.04. The molecule has 3 aromatic heterocycles. The molecule has 40 heavy (non-hydrogen) atoms. The summed E-state index contributed by atoms with van der Waals surface area (Å²) in [7, 11) is -2.99. The van der Waals surface area contributed by atoms with Crippen molar-refractivity contribution in [3.8, 4) is 11.3 Å². The average molecular weight is 552 g/mol. The summed E-state index contributed by atoms with van der Waals surface area (Å²) in [4.78, 5) is 8.98. The van der Waals surface area contributed by atoms with Crippen molar-refractivity contribution in [1.29, 1.82) is 0 Å². The molecule has 202 valence electrons. The Bertz CT molecular complexity index is 1890. The molecule has 6 aromatic rings. The van der Waals surface area contributed by atoms with Gasteiger partial charge in [0.2, 0.25) is 0 Å². The Balaban J connectivity index is 1.21. The van der Waals surface area contributed by atoms with Crippen LogP contribution in [0, 0.1) is 0 Å². The molecule has 0 atom stereocenters. The first-order valence-corrected chi connectivity index (χ1v) is 15.1. The van der Waals surface area contributed by atoms with Gasteiger partial charge in [-0.25, -0.2) is 18.4 Å². The number of sulfone groups is 1. The molecule has 0 bridgehead atoms. The Labute approximate surface area is 232 Å². The maximum absolute atomic E-state index is 11.3. The minimum Gasteiger partial charge on any atom is -0.464 e. The first-order valence-electron chi connectivity index (χ1n) is 13.0. The van der Waals surface area contributed by atoms with Crippen molar-refractivity contribution in [3.63, 3.8) is 0 Å². The molecule has 8 nitrogen and oxygen atoms in total. The average Bonchev–Trinajstić information content (AvgIpc) is 3.58. The summed E-state index contributed by atoms with van der Waals surface area (Å²) in [6.45, 7) is 1.74. The van der Waals surface area contributed by atoms with Gasteiger partial charge in [-0.1, -0.05) is 30.3 Å². The lowest BCUT2D eigenvalue weighted by atomic mass is 10.1. The molecule has 6 rings (SSSR count). The molecular formula is C31H29N5O3S. The quantitative estimate of drug-likeness (QED) is 0.208. The van der Waals surface area contributed by atoms with Crippen LogP contribution in [0.25, 0.3) is 33.1 Å². The van der Waals surface area contributed by atoms with Gasteiger partial charge >= 0.3 is 0 Å². The van der Waals surface area contributed by atoms with E-state index in [4.69, 9.17) is 4.42 Å². The third-order valence-corrected chi connectivity index (χ3v) is 7.73. The zero-order valence-corrected chi connectivity index (χ0v) is 22.9. The Morgan fingerprint density at radius 2 is 1.80 bits per heavy atom. The zero-order valence-electron chi connectivity index (χ0n) is 22.0. The number of aromatic nitrogens is 3. The van der Waals surface area contributed by atoms with Crippen LogP contribution >= 0.6 is 0 Å². The van der Waals surface area contributed by atoms with Crippen LogP contribution in [0.15, 0.2) is 102 Å². The SMILES string of the molecule is CS(=O)(=O)CCNCc1coc(-c2ccc3ncnc(Nc4ccc5c(ccn5Cc5ccccc5)c4)c3c2)c1. The Morgan fingerprint density at radius 3 is 2.65 bits per heavy atom. The first-order chi connectivity index (χ1) is 19.4. The van der Waals surface area contributed by atoms with Crippen molar-refractivity contribution in [1.82, 2.24) is 19.9 Å². The molecule has 0 amide bonds. The summed E-state index contributed by atoms with van der Waals surface area (Å²) in [6, 6.07) is 26.8. The van der Waals surface area contributed by atoms with Gasteiger partial charge in [-0.15, -0.1) is 0 Å². The van der Waals surface area contributed by atoms with Crippen LogP contribution in [0.3, 0.4) is 0 Å². The monoisotopic (exact) mass is 551 g/mol. The molecular weight excluding hydrogens is 522 g/mol. The van der Waals surface area contributed by atoms with E-state index in [1.54, 1.807) is 12.6 Å². The van der Waals surface area contributed by atoms with Gasteiger partial charge < -0.3 is 19.6 Å². The highest BCUT2D eigenvalue weighted by atomic mass is 32.2. The van der Waals surface area contributed by atoms with E-state index in [-0.39, 0.29) is 5.75 Å². The molecule has 0 aliphatic rings. The van der Waals surface area contributed by atoms with Crippen LogP contribution in [-0.4, -0.2) is 41.5 Å². The molecule has 0 aliphatic carbocycles. The Kier molecular flexibility index (Phi) is 7.06. The molecule has 0 aliphatic heterocycles. The maximum Gasteiger partial charge on any atom is 0.148 e. The summed E-state index contributed by atoms with van der Waals surface area (Å²) in [5, 5.41) is 8.65. The second kappa shape index (κ2) is 11.0. The highest BCUT2D eigenvalue weighted by Gasteiger charge is 2.11. The number of rotatable bonds is 10. The van der Waals surface area contributed by atoms with Gasteiger partial charge in [-0.2, -0.15) is 0 Å². The molecule has 0 unspecified atom stereocenters. The number of nitrogens with one attached hydrogen (secondary N) is 2. The fraction of sp³-hybridized carbons (Fsp3) is 0.161. The largest absolute Gasteiger partial charge is 0.464 e. The lowest BCUT2D eigenvalue weighted by Gasteiger charge is -2.10. The van der Waals surface area contributed by atoms with Gasteiger partial charge in [-0.3, -0.25) is 0 Å². The van der Waals surface area contributed by atoms with Gasteiger partial charge in [0.15, 0.2) is 0 Å². The van der Waals surface area contributed by atoms with E-state index in [2.05, 4.69) is 79.9 Å². The third-order valence-electron chi connectivity index (χ3n) is 6.78. The van der Waals surface area contributed by atoms with Crippen LogP contribution in [0.1, 0.15) is 11.1 Å². The molecule has 0 radical (unpaired) electrons. The van der Waals surface area contributed by atoms with Crippen LogP contribution < -0.4 is 10.6 Å². The van der Waals surface area contributed by atoms with Gasteiger partial charge in [-0.05, 0) is 54.1 Å². The molecule has 0 saturated carbocycles. The number of furan rings is 1. The minimum absolute atomic E-state index is 0.102. The van der Waals surface area contributed by atoms with E-state index in [9.17, 15) is 8.42 Å². The van der Waals surface area contributed by atoms with E-state index < -0.39 is 9.84 Å². The predicted octanol–water partition coefficient (Wildman–Crippen LogP) is 5.77. The van der Waals surface area contributed by atoms with Gasteiger partial charge in [0.1, 0.15) is 27.7 Å². The highest BCUT2D eigenvalue weighted by molar-refractivity contribution is 7.90. The summed E-state index contributed by atoms with van der Waals surface area (Å²) >= 11 is 0. The van der Waals surface area contributed by atoms with Gasteiger partial charge in [0.25, 0.3) is 0 Å². The first kappa shape index (κ1) is 25.8. The fourth-order valence-electron chi connectivity index (χ4n) is 4.75. The lowest BCUT2D eigenvalue weighted by molar-refractivity contribution is 0.574. The van der Waals surface area contributed by atoms with Crippen molar-refractivity contribution in [3.05, 3.63) is 109 Å². The number of benzene rings is 3. The molecule has 3 heterocycles. The molecule has 0 fully saturated rings. The third kappa shape index (κ3) is 5.90. The van der Waals surface area contributed by atoms with E-state index >= 15 is 0 Å². The second-order valence-electron chi connectivity index (χ2n) is 9.91. The zero-order chi connectivity index (χ0) is 27.5. The lowest BCUT2D eigenvalue weighted by Crippen LogP contribution is -2.21. The van der Waals surface area contributed by atoms with E-state index in [0.29, 0.717) is 18.9 Å². The van der Waals surface area contributed by atoms with E-state index in [0.717, 1.165) is 45.4 Å².